The largest absolute Gasteiger partial charge is 0.369 e. The van der Waals surface area contributed by atoms with E-state index in [1.807, 2.05) is 0 Å². The molecule has 1 aromatic carbocycles. The molecule has 0 aliphatic heterocycles. The Bertz CT molecular complexity index is 419. The van der Waals surface area contributed by atoms with Crippen LogP contribution in [-0.4, -0.2) is 12.0 Å². The van der Waals surface area contributed by atoms with Crippen LogP contribution in [0.2, 0.25) is 0 Å². The van der Waals surface area contributed by atoms with Crippen molar-refractivity contribution in [2.45, 2.75) is 0 Å². The summed E-state index contributed by atoms with van der Waals surface area (Å²) in [5.41, 5.74) is 10.9. The van der Waals surface area contributed by atoms with Gasteiger partial charge in [0.05, 0.1) is 5.69 Å². The molecule has 0 unspecified atom stereocenters. The zero-order chi connectivity index (χ0) is 11.4. The predicted molar refractivity (Wildman–Crippen MR) is 65.8 cm³/mol. The van der Waals surface area contributed by atoms with Crippen LogP contribution in [0.15, 0.2) is 32.1 Å². The van der Waals surface area contributed by atoms with Crippen LogP contribution >= 0.6 is 31.9 Å². The number of hydrogen-bond donors (Lipinski definition) is 3. The number of nitrogens with one attached hydrogen (secondary N) is 1. The summed E-state index contributed by atoms with van der Waals surface area (Å²) in [6.45, 7) is 0. The Morgan fingerprint density at radius 2 is 1.93 bits per heavy atom. The van der Waals surface area contributed by atoms with Crippen LogP contribution < -0.4 is 16.8 Å². The molecule has 0 aliphatic rings. The third-order valence-electron chi connectivity index (χ3n) is 1.40. The maximum Gasteiger partial charge on any atom is 0.318 e. The minimum atomic E-state index is -0.743. The van der Waals surface area contributed by atoms with E-state index in [9.17, 15) is 4.79 Å². The van der Waals surface area contributed by atoms with Crippen LogP contribution in [0, 0.1) is 0 Å². The summed E-state index contributed by atoms with van der Waals surface area (Å²) in [4.78, 5) is 14.4. The summed E-state index contributed by atoms with van der Waals surface area (Å²) in [6.07, 6.45) is 0. The summed E-state index contributed by atoms with van der Waals surface area (Å²) in [7, 11) is 0. The molecule has 0 aliphatic carbocycles. The van der Waals surface area contributed by atoms with Gasteiger partial charge in [0.25, 0.3) is 0 Å². The molecule has 0 spiro atoms. The van der Waals surface area contributed by atoms with E-state index in [0.29, 0.717) is 5.69 Å². The number of aliphatic imine (C=N–C) groups is 1. The van der Waals surface area contributed by atoms with E-state index in [1.54, 1.807) is 18.2 Å². The second-order valence-electron chi connectivity index (χ2n) is 2.58. The molecule has 0 saturated heterocycles. The highest BCUT2D eigenvalue weighted by molar-refractivity contribution is 9.13. The second kappa shape index (κ2) is 5.13. The monoisotopic (exact) mass is 334 g/mol. The van der Waals surface area contributed by atoms with Gasteiger partial charge >= 0.3 is 6.03 Å². The number of amides is 2. The van der Waals surface area contributed by atoms with Crippen molar-refractivity contribution in [1.29, 1.82) is 0 Å². The van der Waals surface area contributed by atoms with Crippen molar-refractivity contribution in [1.82, 2.24) is 5.32 Å². The SMILES string of the molecule is NC(=O)NC(N)=Nc1ccc(Br)c(Br)c1. The molecule has 1 aromatic rings. The maximum atomic E-state index is 10.5. The molecule has 5 nitrogen and oxygen atoms in total. The standard InChI is InChI=1S/C8H8Br2N4O/c9-5-2-1-4(3-6(5)10)13-7(11)14-8(12)15/h1-3H,(H5,11,12,13,14,15). The van der Waals surface area contributed by atoms with Gasteiger partial charge in [-0.1, -0.05) is 0 Å². The van der Waals surface area contributed by atoms with Gasteiger partial charge in [0.1, 0.15) is 0 Å². The lowest BCUT2D eigenvalue weighted by Crippen LogP contribution is -2.39. The average Bonchev–Trinajstić information content (AvgIpc) is 2.10. The first-order valence-electron chi connectivity index (χ1n) is 3.84. The van der Waals surface area contributed by atoms with Crippen LogP contribution in [0.1, 0.15) is 0 Å². The van der Waals surface area contributed by atoms with Crippen LogP contribution in [0.5, 0.6) is 0 Å². The molecule has 2 amide bonds. The molecule has 7 heteroatoms. The molecule has 0 saturated carbocycles. The Hall–Kier alpha value is -1.08. The molecule has 1 rings (SSSR count). The van der Waals surface area contributed by atoms with Crippen molar-refractivity contribution in [3.8, 4) is 0 Å². The molecular weight excluding hydrogens is 328 g/mol. The lowest BCUT2D eigenvalue weighted by molar-refractivity contribution is 0.253. The molecular formula is C8H8Br2N4O. The number of carbonyl (C=O) groups is 1. The number of halogens is 2. The minimum absolute atomic E-state index is 0.0447. The van der Waals surface area contributed by atoms with Gasteiger partial charge in [0.2, 0.25) is 5.96 Å². The van der Waals surface area contributed by atoms with E-state index in [1.165, 1.54) is 0 Å². The molecule has 15 heavy (non-hydrogen) atoms. The topological polar surface area (TPSA) is 93.5 Å². The average molecular weight is 336 g/mol. The van der Waals surface area contributed by atoms with Crippen LogP contribution in [-0.2, 0) is 0 Å². The van der Waals surface area contributed by atoms with Gasteiger partial charge in [0, 0.05) is 8.95 Å². The summed E-state index contributed by atoms with van der Waals surface area (Å²) in [5.74, 6) is -0.0447. The van der Waals surface area contributed by atoms with E-state index in [2.05, 4.69) is 42.2 Å². The van der Waals surface area contributed by atoms with Crippen molar-refractivity contribution >= 4 is 49.5 Å². The molecule has 80 valence electrons. The van der Waals surface area contributed by atoms with Gasteiger partial charge < -0.3 is 11.5 Å². The van der Waals surface area contributed by atoms with Crippen molar-refractivity contribution < 1.29 is 4.79 Å². The number of guanidine groups is 1. The first kappa shape index (κ1) is 12.0. The zero-order valence-electron chi connectivity index (χ0n) is 7.50. The molecule has 5 N–H and O–H groups in total. The molecule has 0 aromatic heterocycles. The van der Waals surface area contributed by atoms with Crippen LogP contribution in [0.3, 0.4) is 0 Å². The molecule has 0 radical (unpaired) electrons. The molecule has 0 fully saturated rings. The lowest BCUT2D eigenvalue weighted by Gasteiger charge is -2.01. The van der Waals surface area contributed by atoms with Gasteiger partial charge in [0.15, 0.2) is 0 Å². The summed E-state index contributed by atoms with van der Waals surface area (Å²) in [6, 6.07) is 4.55. The Morgan fingerprint density at radius 1 is 1.27 bits per heavy atom. The van der Waals surface area contributed by atoms with E-state index < -0.39 is 6.03 Å². The number of urea groups is 1. The highest BCUT2D eigenvalue weighted by Crippen LogP contribution is 2.27. The van der Waals surface area contributed by atoms with Crippen molar-refractivity contribution in [3.05, 3.63) is 27.1 Å². The summed E-state index contributed by atoms with van der Waals surface area (Å²) >= 11 is 6.64. The Kier molecular flexibility index (Phi) is 4.10. The van der Waals surface area contributed by atoms with E-state index >= 15 is 0 Å². The summed E-state index contributed by atoms with van der Waals surface area (Å²) in [5, 5.41) is 2.16. The fraction of sp³-hybridized carbons (Fsp3) is 0. The maximum absolute atomic E-state index is 10.5. The Morgan fingerprint density at radius 3 is 2.47 bits per heavy atom. The number of primary amides is 1. The molecule has 0 bridgehead atoms. The minimum Gasteiger partial charge on any atom is -0.369 e. The number of nitrogens with zero attached hydrogens (tertiary/aromatic N) is 1. The van der Waals surface area contributed by atoms with Crippen molar-refractivity contribution in [2.24, 2.45) is 16.5 Å². The first-order valence-corrected chi connectivity index (χ1v) is 5.43. The Labute approximate surface area is 103 Å². The van der Waals surface area contributed by atoms with E-state index in [-0.39, 0.29) is 5.96 Å². The third-order valence-corrected chi connectivity index (χ3v) is 3.28. The zero-order valence-corrected chi connectivity index (χ0v) is 10.7. The smallest absolute Gasteiger partial charge is 0.318 e. The van der Waals surface area contributed by atoms with Gasteiger partial charge in [-0.3, -0.25) is 5.32 Å². The number of nitrogens with two attached hydrogens (primary N) is 2. The Balaban J connectivity index is 2.88. The van der Waals surface area contributed by atoms with Gasteiger partial charge in [-0.25, -0.2) is 9.79 Å². The lowest BCUT2D eigenvalue weighted by atomic mass is 10.3. The van der Waals surface area contributed by atoms with Gasteiger partial charge in [-0.2, -0.15) is 0 Å². The van der Waals surface area contributed by atoms with Gasteiger partial charge in [-0.15, -0.1) is 0 Å². The van der Waals surface area contributed by atoms with E-state index in [0.717, 1.165) is 8.95 Å². The normalized spacial score (nSPS) is 11.2. The van der Waals surface area contributed by atoms with Crippen LogP contribution in [0.4, 0.5) is 10.5 Å². The predicted octanol–water partition coefficient (Wildman–Crippen LogP) is 1.83. The van der Waals surface area contributed by atoms with Crippen LogP contribution in [0.25, 0.3) is 0 Å². The highest BCUT2D eigenvalue weighted by Gasteiger charge is 1.99. The van der Waals surface area contributed by atoms with Crippen molar-refractivity contribution in [2.75, 3.05) is 0 Å². The first-order chi connectivity index (χ1) is 6.99. The number of carbonyl (C=O) groups excluding carboxylic acids is 1. The van der Waals surface area contributed by atoms with E-state index in [4.69, 9.17) is 11.5 Å². The fourth-order valence-electron chi connectivity index (χ4n) is 0.848. The highest BCUT2D eigenvalue weighted by atomic mass is 79.9. The fourth-order valence-corrected chi connectivity index (χ4v) is 1.46. The molecule has 0 atom stereocenters. The third kappa shape index (κ3) is 3.88. The molecule has 0 heterocycles. The summed E-state index contributed by atoms with van der Waals surface area (Å²) < 4.78 is 1.75. The number of benzene rings is 1. The number of hydrogen-bond acceptors (Lipinski definition) is 2. The quantitative estimate of drug-likeness (QED) is 0.539. The van der Waals surface area contributed by atoms with Gasteiger partial charge in [-0.05, 0) is 50.1 Å². The second-order valence-corrected chi connectivity index (χ2v) is 4.29. The van der Waals surface area contributed by atoms with Crippen molar-refractivity contribution in [3.63, 3.8) is 0 Å². The number of rotatable bonds is 1.